The van der Waals surface area contributed by atoms with E-state index in [0.29, 0.717) is 34.2 Å². The molecule has 0 fully saturated rings. The lowest BCUT2D eigenvalue weighted by Gasteiger charge is -2.14. The SMILES string of the molecule is CNc1nc(-c2cccnc2)nc2c(OC)cc(-c3cc(F)cc(OC)c3)cc12. The van der Waals surface area contributed by atoms with E-state index in [1.807, 2.05) is 24.3 Å². The number of benzene rings is 2. The lowest BCUT2D eigenvalue weighted by atomic mass is 10.0. The molecule has 0 aliphatic heterocycles. The van der Waals surface area contributed by atoms with E-state index in [9.17, 15) is 4.39 Å². The van der Waals surface area contributed by atoms with E-state index in [1.54, 1.807) is 32.6 Å². The lowest BCUT2D eigenvalue weighted by Crippen LogP contribution is -2.01. The molecule has 0 bridgehead atoms. The van der Waals surface area contributed by atoms with Crippen molar-refractivity contribution in [1.29, 1.82) is 0 Å². The van der Waals surface area contributed by atoms with Crippen LogP contribution in [0.2, 0.25) is 0 Å². The van der Waals surface area contributed by atoms with E-state index in [-0.39, 0.29) is 5.82 Å². The molecule has 4 rings (SSSR count). The van der Waals surface area contributed by atoms with Crippen molar-refractivity contribution in [3.8, 4) is 34.0 Å². The van der Waals surface area contributed by atoms with Gasteiger partial charge in [-0.05, 0) is 47.5 Å². The summed E-state index contributed by atoms with van der Waals surface area (Å²) in [5.41, 5.74) is 2.88. The van der Waals surface area contributed by atoms with Crippen LogP contribution in [0.4, 0.5) is 10.2 Å². The zero-order chi connectivity index (χ0) is 20.4. The fourth-order valence-corrected chi connectivity index (χ4v) is 3.18. The second-order valence-electron chi connectivity index (χ2n) is 6.34. The van der Waals surface area contributed by atoms with Gasteiger partial charge in [0.1, 0.15) is 28.7 Å². The monoisotopic (exact) mass is 390 g/mol. The van der Waals surface area contributed by atoms with Gasteiger partial charge < -0.3 is 14.8 Å². The van der Waals surface area contributed by atoms with Crippen LogP contribution in [0.5, 0.6) is 11.5 Å². The summed E-state index contributed by atoms with van der Waals surface area (Å²) in [5, 5.41) is 3.88. The molecule has 1 N–H and O–H groups in total. The van der Waals surface area contributed by atoms with Gasteiger partial charge in [0.2, 0.25) is 0 Å². The van der Waals surface area contributed by atoms with E-state index < -0.39 is 0 Å². The third-order valence-electron chi connectivity index (χ3n) is 4.58. The molecule has 7 heteroatoms. The average molecular weight is 390 g/mol. The molecule has 0 aliphatic rings. The molecule has 0 saturated heterocycles. The van der Waals surface area contributed by atoms with Gasteiger partial charge in [0, 0.05) is 36.5 Å². The molecule has 4 aromatic rings. The number of hydrogen-bond donors (Lipinski definition) is 1. The van der Waals surface area contributed by atoms with Crippen LogP contribution >= 0.6 is 0 Å². The smallest absolute Gasteiger partial charge is 0.163 e. The first kappa shape index (κ1) is 18.6. The first-order chi connectivity index (χ1) is 14.1. The first-order valence-electron chi connectivity index (χ1n) is 8.96. The van der Waals surface area contributed by atoms with Crippen molar-refractivity contribution in [3.05, 3.63) is 60.7 Å². The van der Waals surface area contributed by atoms with Crippen LogP contribution in [0.15, 0.2) is 54.9 Å². The minimum Gasteiger partial charge on any atom is -0.497 e. The summed E-state index contributed by atoms with van der Waals surface area (Å²) < 4.78 is 24.8. The number of ether oxygens (including phenoxy) is 2. The van der Waals surface area contributed by atoms with E-state index in [2.05, 4.69) is 15.3 Å². The Balaban J connectivity index is 1.96. The highest BCUT2D eigenvalue weighted by molar-refractivity contribution is 5.97. The molecule has 146 valence electrons. The summed E-state index contributed by atoms with van der Waals surface area (Å²) >= 11 is 0. The van der Waals surface area contributed by atoms with Crippen molar-refractivity contribution in [2.75, 3.05) is 26.6 Å². The Morgan fingerprint density at radius 2 is 1.76 bits per heavy atom. The van der Waals surface area contributed by atoms with Crippen molar-refractivity contribution in [3.63, 3.8) is 0 Å². The van der Waals surface area contributed by atoms with Gasteiger partial charge in [-0.1, -0.05) is 0 Å². The second-order valence-corrected chi connectivity index (χ2v) is 6.34. The van der Waals surface area contributed by atoms with Gasteiger partial charge in [0.15, 0.2) is 5.82 Å². The van der Waals surface area contributed by atoms with Crippen molar-refractivity contribution in [2.24, 2.45) is 0 Å². The lowest BCUT2D eigenvalue weighted by molar-refractivity contribution is 0.411. The first-order valence-corrected chi connectivity index (χ1v) is 8.96. The van der Waals surface area contributed by atoms with Gasteiger partial charge in [-0.15, -0.1) is 0 Å². The van der Waals surface area contributed by atoms with Gasteiger partial charge in [0.05, 0.1) is 14.2 Å². The maximum atomic E-state index is 14.0. The molecular formula is C22H19FN4O2. The van der Waals surface area contributed by atoms with E-state index in [1.165, 1.54) is 19.2 Å². The Kier molecular flexibility index (Phi) is 4.95. The minimum absolute atomic E-state index is 0.379. The summed E-state index contributed by atoms with van der Waals surface area (Å²) in [6, 6.07) is 12.0. The fraction of sp³-hybridized carbons (Fsp3) is 0.136. The van der Waals surface area contributed by atoms with Crippen molar-refractivity contribution < 1.29 is 13.9 Å². The molecule has 0 spiro atoms. The van der Waals surface area contributed by atoms with Gasteiger partial charge in [-0.25, -0.2) is 14.4 Å². The highest BCUT2D eigenvalue weighted by Crippen LogP contribution is 2.36. The number of fused-ring (bicyclic) bond motifs is 1. The van der Waals surface area contributed by atoms with E-state index in [0.717, 1.165) is 16.5 Å². The van der Waals surface area contributed by atoms with Crippen LogP contribution in [0.1, 0.15) is 0 Å². The molecule has 0 atom stereocenters. The van der Waals surface area contributed by atoms with Crippen LogP contribution in [-0.2, 0) is 0 Å². The number of hydrogen-bond acceptors (Lipinski definition) is 6. The maximum Gasteiger partial charge on any atom is 0.163 e. The van der Waals surface area contributed by atoms with Gasteiger partial charge in [-0.3, -0.25) is 4.98 Å². The highest BCUT2D eigenvalue weighted by atomic mass is 19.1. The largest absolute Gasteiger partial charge is 0.497 e. The summed E-state index contributed by atoms with van der Waals surface area (Å²) in [6.07, 6.45) is 3.41. The fourth-order valence-electron chi connectivity index (χ4n) is 3.18. The molecule has 0 unspecified atom stereocenters. The Labute approximate surface area is 167 Å². The number of rotatable bonds is 5. The Hall–Kier alpha value is -3.74. The zero-order valence-electron chi connectivity index (χ0n) is 16.2. The maximum absolute atomic E-state index is 14.0. The number of aromatic nitrogens is 3. The number of pyridine rings is 1. The third-order valence-corrected chi connectivity index (χ3v) is 4.58. The van der Waals surface area contributed by atoms with Gasteiger partial charge >= 0.3 is 0 Å². The van der Waals surface area contributed by atoms with Crippen LogP contribution in [0.3, 0.4) is 0 Å². The van der Waals surface area contributed by atoms with E-state index in [4.69, 9.17) is 14.5 Å². The Morgan fingerprint density at radius 1 is 0.931 bits per heavy atom. The van der Waals surface area contributed by atoms with Gasteiger partial charge in [0.25, 0.3) is 0 Å². The molecule has 0 aliphatic carbocycles. The van der Waals surface area contributed by atoms with Crippen LogP contribution in [-0.4, -0.2) is 36.2 Å². The number of anilines is 1. The number of nitrogens with one attached hydrogen (secondary N) is 1. The molecule has 6 nitrogen and oxygen atoms in total. The minimum atomic E-state index is -0.379. The molecule has 29 heavy (non-hydrogen) atoms. The van der Waals surface area contributed by atoms with Crippen molar-refractivity contribution in [1.82, 2.24) is 15.0 Å². The number of halogens is 1. The van der Waals surface area contributed by atoms with E-state index >= 15 is 0 Å². The molecule has 2 aromatic carbocycles. The molecule has 2 aromatic heterocycles. The summed E-state index contributed by atoms with van der Waals surface area (Å²) in [5.74, 6) is 1.79. The predicted octanol–water partition coefficient (Wildman–Crippen LogP) is 4.56. The molecule has 0 amide bonds. The highest BCUT2D eigenvalue weighted by Gasteiger charge is 2.15. The Bertz CT molecular complexity index is 1180. The molecule has 0 radical (unpaired) electrons. The topological polar surface area (TPSA) is 69.2 Å². The van der Waals surface area contributed by atoms with Crippen molar-refractivity contribution >= 4 is 16.7 Å². The molecule has 2 heterocycles. The van der Waals surface area contributed by atoms with Crippen LogP contribution in [0.25, 0.3) is 33.4 Å². The third kappa shape index (κ3) is 3.54. The van der Waals surface area contributed by atoms with Crippen LogP contribution < -0.4 is 14.8 Å². The standard InChI is InChI=1S/C22H19FN4O2/c1-24-22-18-9-15(14-7-16(23)11-17(8-14)28-2)10-19(29-3)20(18)26-21(27-22)13-5-4-6-25-12-13/h4-12H,1-3H3,(H,24,26,27). The predicted molar refractivity (Wildman–Crippen MR) is 111 cm³/mol. The quantitative estimate of drug-likeness (QED) is 0.539. The van der Waals surface area contributed by atoms with Crippen molar-refractivity contribution in [2.45, 2.75) is 0 Å². The second kappa shape index (κ2) is 7.71. The normalized spacial score (nSPS) is 10.8. The Morgan fingerprint density at radius 3 is 2.45 bits per heavy atom. The summed E-state index contributed by atoms with van der Waals surface area (Å²) in [7, 11) is 4.88. The zero-order valence-corrected chi connectivity index (χ0v) is 16.2. The van der Waals surface area contributed by atoms with Gasteiger partial charge in [-0.2, -0.15) is 0 Å². The van der Waals surface area contributed by atoms with Crippen LogP contribution in [0, 0.1) is 5.82 Å². The molecule has 0 saturated carbocycles. The number of methoxy groups -OCH3 is 2. The molecular weight excluding hydrogens is 371 g/mol. The summed E-state index contributed by atoms with van der Waals surface area (Å²) in [6.45, 7) is 0. The summed E-state index contributed by atoms with van der Waals surface area (Å²) in [4.78, 5) is 13.5. The number of nitrogens with zero attached hydrogens (tertiary/aromatic N) is 3. The average Bonchev–Trinajstić information content (AvgIpc) is 2.77.